The van der Waals surface area contributed by atoms with Crippen LogP contribution in [0.15, 0.2) is 60.8 Å². The van der Waals surface area contributed by atoms with Crippen molar-refractivity contribution in [1.82, 2.24) is 26.3 Å². The molecule has 0 spiro atoms. The largest absolute Gasteiger partial charge is 0.480 e. The summed E-state index contributed by atoms with van der Waals surface area (Å²) in [7, 11) is 0. The van der Waals surface area contributed by atoms with Crippen molar-refractivity contribution in [3.8, 4) is 0 Å². The molecule has 5 unspecified atom stereocenters. The molecule has 44 heavy (non-hydrogen) atoms. The quantitative estimate of drug-likeness (QED) is 0.136. The summed E-state index contributed by atoms with van der Waals surface area (Å²) in [6, 6.07) is 11.5. The first-order valence-corrected chi connectivity index (χ1v) is 14.6. The minimum absolute atomic E-state index is 0.0252. The molecule has 12 nitrogen and oxygen atoms in total. The highest BCUT2D eigenvalue weighted by Crippen LogP contribution is 2.19. The predicted octanol–water partition coefficient (Wildman–Crippen LogP) is 1.39. The number of benzene rings is 2. The molecule has 8 N–H and O–H groups in total. The van der Waals surface area contributed by atoms with E-state index in [9.17, 15) is 24.0 Å². The summed E-state index contributed by atoms with van der Waals surface area (Å²) in [5.74, 6) is -3.59. The normalized spacial score (nSPS) is 14.6. The lowest BCUT2D eigenvalue weighted by atomic mass is 10.00. The van der Waals surface area contributed by atoms with Gasteiger partial charge in [0.2, 0.25) is 23.6 Å². The number of aromatic amines is 1. The number of aromatic nitrogens is 1. The highest BCUT2D eigenvalue weighted by molar-refractivity contribution is 5.95. The van der Waals surface area contributed by atoms with Crippen molar-refractivity contribution < 1.29 is 29.1 Å². The van der Waals surface area contributed by atoms with Gasteiger partial charge in [0.15, 0.2) is 0 Å². The molecule has 2 aromatic carbocycles. The molecule has 0 radical (unpaired) electrons. The number of para-hydroxylation sites is 1. The van der Waals surface area contributed by atoms with Gasteiger partial charge in [0.25, 0.3) is 0 Å². The molecule has 5 atom stereocenters. The van der Waals surface area contributed by atoms with Gasteiger partial charge in [-0.1, -0.05) is 62.4 Å². The van der Waals surface area contributed by atoms with Gasteiger partial charge in [0, 0.05) is 23.5 Å². The molecule has 3 rings (SSSR count). The number of carboxylic acids is 1. The average Bonchev–Trinajstić information content (AvgIpc) is 3.39. The van der Waals surface area contributed by atoms with Gasteiger partial charge >= 0.3 is 5.97 Å². The lowest BCUT2D eigenvalue weighted by Crippen LogP contribution is -2.58. The first-order chi connectivity index (χ1) is 20.8. The number of hydrogen-bond donors (Lipinski definition) is 7. The summed E-state index contributed by atoms with van der Waals surface area (Å²) in [6.45, 7) is 6.54. The summed E-state index contributed by atoms with van der Waals surface area (Å²) in [4.78, 5) is 66.8. The van der Waals surface area contributed by atoms with Gasteiger partial charge < -0.3 is 37.1 Å². The van der Waals surface area contributed by atoms with E-state index in [1.165, 1.54) is 13.8 Å². The third kappa shape index (κ3) is 9.66. The number of fused-ring (bicyclic) bond motifs is 1. The molecule has 0 bridgehead atoms. The Morgan fingerprint density at radius 3 is 1.98 bits per heavy atom. The van der Waals surface area contributed by atoms with Crippen LogP contribution in [0.25, 0.3) is 10.9 Å². The number of carbonyl (C=O) groups is 5. The number of nitrogens with one attached hydrogen (secondary N) is 5. The minimum Gasteiger partial charge on any atom is -0.480 e. The third-order valence-corrected chi connectivity index (χ3v) is 7.19. The average molecular weight is 607 g/mol. The maximum atomic E-state index is 13.6. The van der Waals surface area contributed by atoms with E-state index >= 15 is 0 Å². The molecule has 0 aliphatic heterocycles. The molecule has 0 saturated heterocycles. The van der Waals surface area contributed by atoms with E-state index in [0.717, 1.165) is 22.0 Å². The van der Waals surface area contributed by atoms with Crippen LogP contribution in [0, 0.1) is 5.92 Å². The Balaban J connectivity index is 1.73. The van der Waals surface area contributed by atoms with Gasteiger partial charge in [-0.2, -0.15) is 0 Å². The highest BCUT2D eigenvalue weighted by Gasteiger charge is 2.30. The van der Waals surface area contributed by atoms with E-state index in [1.807, 2.05) is 50.4 Å². The molecular formula is C32H42N6O6. The summed E-state index contributed by atoms with van der Waals surface area (Å²) in [5, 5.41) is 20.4. The molecule has 12 heteroatoms. The van der Waals surface area contributed by atoms with Crippen LogP contribution in [-0.4, -0.2) is 69.9 Å². The number of carboxylic acid groups (broad SMARTS) is 1. The molecule has 0 saturated carbocycles. The number of nitrogens with two attached hydrogens (primary N) is 1. The number of rotatable bonds is 15. The second-order valence-electron chi connectivity index (χ2n) is 11.4. The molecule has 236 valence electrons. The van der Waals surface area contributed by atoms with Crippen LogP contribution in [0.4, 0.5) is 0 Å². The number of H-pyrrole nitrogens is 1. The lowest BCUT2D eigenvalue weighted by molar-refractivity contribution is -0.141. The van der Waals surface area contributed by atoms with Gasteiger partial charge in [0.1, 0.15) is 24.2 Å². The first kappa shape index (κ1) is 33.8. The Morgan fingerprint density at radius 1 is 0.727 bits per heavy atom. The predicted molar refractivity (Wildman–Crippen MR) is 166 cm³/mol. The van der Waals surface area contributed by atoms with E-state index in [0.29, 0.717) is 6.42 Å². The Bertz CT molecular complexity index is 1460. The Kier molecular flexibility index (Phi) is 12.0. The van der Waals surface area contributed by atoms with Crippen LogP contribution in [0.2, 0.25) is 0 Å². The number of aliphatic carboxylic acids is 1. The monoisotopic (exact) mass is 606 g/mol. The van der Waals surface area contributed by atoms with Crippen LogP contribution >= 0.6 is 0 Å². The molecule has 0 aliphatic carbocycles. The molecule has 1 heterocycles. The SMILES string of the molecule is CC(C)CC(NC(=O)C(N)Cc1c[nH]c2ccccc12)C(=O)NC(Cc1ccccc1)C(=O)NC(C)C(=O)NC(C)C(=O)O. The number of carbonyl (C=O) groups excluding carboxylic acids is 4. The first-order valence-electron chi connectivity index (χ1n) is 14.6. The van der Waals surface area contributed by atoms with E-state index < -0.39 is 59.8 Å². The molecule has 1 aromatic heterocycles. The Morgan fingerprint density at radius 2 is 1.32 bits per heavy atom. The Labute approximate surface area is 256 Å². The van der Waals surface area contributed by atoms with Crippen LogP contribution in [-0.2, 0) is 36.8 Å². The summed E-state index contributed by atoms with van der Waals surface area (Å²) >= 11 is 0. The van der Waals surface area contributed by atoms with Crippen molar-refractivity contribution >= 4 is 40.5 Å². The van der Waals surface area contributed by atoms with Crippen LogP contribution in [0.1, 0.15) is 45.2 Å². The summed E-state index contributed by atoms with van der Waals surface area (Å²) in [6.07, 6.45) is 2.47. The van der Waals surface area contributed by atoms with Gasteiger partial charge in [-0.25, -0.2) is 0 Å². The van der Waals surface area contributed by atoms with Gasteiger partial charge in [0.05, 0.1) is 6.04 Å². The fourth-order valence-corrected chi connectivity index (χ4v) is 4.72. The maximum Gasteiger partial charge on any atom is 0.325 e. The number of amides is 4. The fraction of sp³-hybridized carbons (Fsp3) is 0.406. The fourth-order valence-electron chi connectivity index (χ4n) is 4.72. The van der Waals surface area contributed by atoms with Crippen molar-refractivity contribution in [2.24, 2.45) is 11.7 Å². The van der Waals surface area contributed by atoms with Gasteiger partial charge in [-0.3, -0.25) is 24.0 Å². The molecule has 0 fully saturated rings. The Hall–Kier alpha value is -4.71. The van der Waals surface area contributed by atoms with Crippen LogP contribution in [0.3, 0.4) is 0 Å². The van der Waals surface area contributed by atoms with Crippen LogP contribution < -0.4 is 27.0 Å². The maximum absolute atomic E-state index is 13.6. The summed E-state index contributed by atoms with van der Waals surface area (Å²) in [5.41, 5.74) is 8.84. The van der Waals surface area contributed by atoms with E-state index in [4.69, 9.17) is 10.8 Å². The van der Waals surface area contributed by atoms with Crippen molar-refractivity contribution in [1.29, 1.82) is 0 Å². The topological polar surface area (TPSA) is 196 Å². The molecule has 0 aliphatic rings. The lowest BCUT2D eigenvalue weighted by Gasteiger charge is -2.26. The van der Waals surface area contributed by atoms with E-state index in [2.05, 4.69) is 26.3 Å². The smallest absolute Gasteiger partial charge is 0.325 e. The van der Waals surface area contributed by atoms with Crippen molar-refractivity contribution in [3.05, 3.63) is 71.9 Å². The minimum atomic E-state index is -1.22. The second-order valence-corrected chi connectivity index (χ2v) is 11.4. The van der Waals surface area contributed by atoms with Crippen LogP contribution in [0.5, 0.6) is 0 Å². The molecule has 4 amide bonds. The standard InChI is InChI=1S/C32H42N6O6/c1-18(2)14-26(37-29(40)24(33)16-22-17-34-25-13-9-8-12-23(22)25)31(42)38-27(15-21-10-6-5-7-11-21)30(41)35-19(3)28(39)36-20(4)32(43)44/h5-13,17-20,24,26-27,34H,14-16,33H2,1-4H3,(H,35,41)(H,36,39)(H,37,40)(H,38,42)(H,43,44). The van der Waals surface area contributed by atoms with E-state index in [1.54, 1.807) is 24.3 Å². The highest BCUT2D eigenvalue weighted by atomic mass is 16.4. The summed E-state index contributed by atoms with van der Waals surface area (Å²) < 4.78 is 0. The third-order valence-electron chi connectivity index (χ3n) is 7.19. The van der Waals surface area contributed by atoms with Gasteiger partial charge in [-0.15, -0.1) is 0 Å². The van der Waals surface area contributed by atoms with E-state index in [-0.39, 0.29) is 18.8 Å². The molecule has 3 aromatic rings. The zero-order chi connectivity index (χ0) is 32.4. The zero-order valence-corrected chi connectivity index (χ0v) is 25.4. The van der Waals surface area contributed by atoms with Crippen molar-refractivity contribution in [2.75, 3.05) is 0 Å². The number of hydrogen-bond acceptors (Lipinski definition) is 6. The van der Waals surface area contributed by atoms with Gasteiger partial charge in [-0.05, 0) is 49.8 Å². The van der Waals surface area contributed by atoms with Crippen molar-refractivity contribution in [3.63, 3.8) is 0 Å². The molecular weight excluding hydrogens is 564 g/mol. The second kappa shape index (κ2) is 15.7. The zero-order valence-electron chi connectivity index (χ0n) is 25.4. The van der Waals surface area contributed by atoms with Crippen molar-refractivity contribution in [2.45, 2.75) is 77.2 Å².